The Hall–Kier alpha value is -3.60. The number of nitrogens with zero attached hydrogens (tertiary/aromatic N) is 2. The number of ether oxygens (including phenoxy) is 1. The summed E-state index contributed by atoms with van der Waals surface area (Å²) in [7, 11) is -3.53. The van der Waals surface area contributed by atoms with Crippen LogP contribution in [-0.2, 0) is 43.7 Å². The minimum Gasteiger partial charge on any atom is -0.379 e. The first-order chi connectivity index (χ1) is 21.6. The molecule has 0 unspecified atom stereocenters. The monoisotopic (exact) mass is 637 g/mol. The Morgan fingerprint density at radius 2 is 1.56 bits per heavy atom. The van der Waals surface area contributed by atoms with Crippen LogP contribution < -0.4 is 5.32 Å². The van der Waals surface area contributed by atoms with Crippen molar-refractivity contribution in [1.29, 1.82) is 0 Å². The highest BCUT2D eigenvalue weighted by Gasteiger charge is 2.30. The molecule has 0 saturated carbocycles. The van der Waals surface area contributed by atoms with Crippen molar-refractivity contribution in [2.45, 2.75) is 76.0 Å². The van der Waals surface area contributed by atoms with E-state index in [0.717, 1.165) is 24.0 Å². The molecule has 8 nitrogen and oxygen atoms in total. The highest BCUT2D eigenvalue weighted by Crippen LogP contribution is 2.22. The number of sulfonamides is 1. The van der Waals surface area contributed by atoms with Crippen LogP contribution >= 0.6 is 0 Å². The number of benzene rings is 3. The predicted octanol–water partition coefficient (Wildman–Crippen LogP) is 5.11. The molecule has 4 rings (SSSR count). The molecule has 0 aromatic heterocycles. The van der Waals surface area contributed by atoms with Crippen LogP contribution in [-0.4, -0.2) is 67.8 Å². The van der Waals surface area contributed by atoms with E-state index in [4.69, 9.17) is 4.74 Å². The van der Waals surface area contributed by atoms with Crippen LogP contribution in [0.4, 0.5) is 4.39 Å². The third kappa shape index (κ3) is 10.2. The van der Waals surface area contributed by atoms with Gasteiger partial charge < -0.3 is 15.0 Å². The van der Waals surface area contributed by atoms with Crippen LogP contribution in [0.3, 0.4) is 0 Å². The smallest absolute Gasteiger partial charge is 0.243 e. The molecule has 1 heterocycles. The van der Waals surface area contributed by atoms with Gasteiger partial charge in [-0.1, -0.05) is 54.6 Å². The summed E-state index contributed by atoms with van der Waals surface area (Å²) in [5, 5.41) is 2.99. The molecule has 242 valence electrons. The fourth-order valence-corrected chi connectivity index (χ4v) is 6.88. The fourth-order valence-electron chi connectivity index (χ4n) is 5.36. The quantitative estimate of drug-likeness (QED) is 0.220. The molecule has 45 heavy (non-hydrogen) atoms. The lowest BCUT2D eigenvalue weighted by atomic mass is 10.0. The van der Waals surface area contributed by atoms with Gasteiger partial charge in [0.05, 0.1) is 11.0 Å². The zero-order valence-electron chi connectivity index (χ0n) is 26.2. The number of amides is 2. The first-order valence-electron chi connectivity index (χ1n) is 15.7. The van der Waals surface area contributed by atoms with Gasteiger partial charge in [-0.2, -0.15) is 4.31 Å². The van der Waals surface area contributed by atoms with Crippen LogP contribution in [0.2, 0.25) is 0 Å². The van der Waals surface area contributed by atoms with Crippen molar-refractivity contribution in [3.63, 3.8) is 0 Å². The molecule has 0 radical (unpaired) electrons. The number of aryl methyl sites for hydroxylation is 1. The number of carbonyl (C=O) groups excluding carboxylic acids is 2. The average Bonchev–Trinajstić information content (AvgIpc) is 3.59. The topological polar surface area (TPSA) is 96.0 Å². The van der Waals surface area contributed by atoms with Crippen molar-refractivity contribution in [2.75, 3.05) is 26.2 Å². The van der Waals surface area contributed by atoms with E-state index in [1.165, 1.54) is 16.4 Å². The van der Waals surface area contributed by atoms with Crippen molar-refractivity contribution >= 4 is 21.8 Å². The largest absolute Gasteiger partial charge is 0.379 e. The van der Waals surface area contributed by atoms with Crippen molar-refractivity contribution < 1.29 is 27.1 Å². The number of hydrogen-bond donors (Lipinski definition) is 1. The van der Waals surface area contributed by atoms with Crippen LogP contribution in [0.5, 0.6) is 0 Å². The number of hydrogen-bond acceptors (Lipinski definition) is 5. The predicted molar refractivity (Wildman–Crippen MR) is 172 cm³/mol. The molecular formula is C35H44FN3O5S. The summed E-state index contributed by atoms with van der Waals surface area (Å²) in [6, 6.07) is 21.3. The second kappa shape index (κ2) is 16.6. The maximum absolute atomic E-state index is 13.9. The van der Waals surface area contributed by atoms with Gasteiger partial charge in [0.1, 0.15) is 11.9 Å². The minimum absolute atomic E-state index is 0.0982. The van der Waals surface area contributed by atoms with Crippen molar-refractivity contribution in [3.8, 4) is 0 Å². The molecule has 1 fully saturated rings. The van der Waals surface area contributed by atoms with Gasteiger partial charge in [0, 0.05) is 45.6 Å². The number of nitrogens with one attached hydrogen (secondary N) is 1. The Labute approximate surface area is 266 Å². The lowest BCUT2D eigenvalue weighted by Gasteiger charge is -2.32. The fraction of sp³-hybridized carbons (Fsp3) is 0.429. The van der Waals surface area contributed by atoms with E-state index in [0.29, 0.717) is 51.1 Å². The molecule has 0 aliphatic carbocycles. The second-order valence-corrected chi connectivity index (χ2v) is 13.6. The highest BCUT2D eigenvalue weighted by atomic mass is 32.2. The Balaban J connectivity index is 1.52. The van der Waals surface area contributed by atoms with Crippen molar-refractivity contribution in [2.24, 2.45) is 0 Å². The Morgan fingerprint density at radius 3 is 2.20 bits per heavy atom. The van der Waals surface area contributed by atoms with Gasteiger partial charge in [-0.25, -0.2) is 12.8 Å². The lowest BCUT2D eigenvalue weighted by Crippen LogP contribution is -2.50. The summed E-state index contributed by atoms with van der Waals surface area (Å²) in [5.74, 6) is -0.878. The normalized spacial score (nSPS) is 14.4. The molecule has 1 aliphatic rings. The number of halogens is 1. The number of rotatable bonds is 16. The van der Waals surface area contributed by atoms with E-state index < -0.39 is 16.1 Å². The van der Waals surface area contributed by atoms with Gasteiger partial charge >= 0.3 is 0 Å². The molecule has 1 saturated heterocycles. The van der Waals surface area contributed by atoms with Crippen molar-refractivity contribution in [1.82, 2.24) is 14.5 Å². The first kappa shape index (κ1) is 34.3. The van der Waals surface area contributed by atoms with Crippen LogP contribution in [0, 0.1) is 5.82 Å². The Morgan fingerprint density at radius 1 is 0.911 bits per heavy atom. The van der Waals surface area contributed by atoms with Crippen molar-refractivity contribution in [3.05, 3.63) is 101 Å². The Bertz CT molecular complexity index is 1480. The van der Waals surface area contributed by atoms with Gasteiger partial charge in [0.25, 0.3) is 0 Å². The Kier molecular flexibility index (Phi) is 12.7. The minimum atomic E-state index is -3.53. The maximum Gasteiger partial charge on any atom is 0.243 e. The van der Waals surface area contributed by atoms with Gasteiger partial charge in [-0.05, 0) is 80.5 Å². The van der Waals surface area contributed by atoms with E-state index in [1.54, 1.807) is 41.3 Å². The molecular weight excluding hydrogens is 593 g/mol. The summed E-state index contributed by atoms with van der Waals surface area (Å²) < 4.78 is 46.7. The van der Waals surface area contributed by atoms with Crippen LogP contribution in [0.1, 0.15) is 56.2 Å². The van der Waals surface area contributed by atoms with Gasteiger partial charge in [-0.15, -0.1) is 0 Å². The molecule has 1 atom stereocenters. The van der Waals surface area contributed by atoms with E-state index >= 15 is 0 Å². The lowest BCUT2D eigenvalue weighted by molar-refractivity contribution is -0.141. The molecule has 10 heteroatoms. The molecule has 1 aliphatic heterocycles. The van der Waals surface area contributed by atoms with E-state index in [2.05, 4.69) is 5.32 Å². The molecule has 1 N–H and O–H groups in total. The zero-order valence-corrected chi connectivity index (χ0v) is 27.0. The van der Waals surface area contributed by atoms with Crippen LogP contribution in [0.25, 0.3) is 0 Å². The third-order valence-corrected chi connectivity index (χ3v) is 9.78. The van der Waals surface area contributed by atoms with E-state index in [1.807, 2.05) is 44.2 Å². The van der Waals surface area contributed by atoms with Gasteiger partial charge in [0.15, 0.2) is 0 Å². The summed E-state index contributed by atoms with van der Waals surface area (Å²) >= 11 is 0. The standard InChI is InChI=1S/C35H44FN3O5S/c1-27(2)44-24-8-21-37-35(41)33(25-29-9-4-3-5-10-29)39(26-30-11-16-31(36)17-12-30)34(40)20-15-28-13-18-32(19-14-28)45(42,43)38-22-6-7-23-38/h3-5,9-14,16-19,27,33H,6-8,15,20-26H2,1-2H3,(H,37,41)/t33-/m0/s1. The third-order valence-electron chi connectivity index (χ3n) is 7.86. The van der Waals surface area contributed by atoms with E-state index in [9.17, 15) is 22.4 Å². The first-order valence-corrected chi connectivity index (χ1v) is 17.1. The molecule has 2 amide bonds. The molecule has 0 bridgehead atoms. The van der Waals surface area contributed by atoms with Crippen LogP contribution in [0.15, 0.2) is 83.8 Å². The maximum atomic E-state index is 13.9. The second-order valence-electron chi connectivity index (χ2n) is 11.7. The van der Waals surface area contributed by atoms with Gasteiger partial charge in [0.2, 0.25) is 21.8 Å². The number of carbonyl (C=O) groups is 2. The summed E-state index contributed by atoms with van der Waals surface area (Å²) in [4.78, 5) is 29.4. The van der Waals surface area contributed by atoms with Gasteiger partial charge in [-0.3, -0.25) is 9.59 Å². The van der Waals surface area contributed by atoms with E-state index in [-0.39, 0.29) is 41.6 Å². The summed E-state index contributed by atoms with van der Waals surface area (Å²) in [5.41, 5.74) is 2.43. The summed E-state index contributed by atoms with van der Waals surface area (Å²) in [6.07, 6.45) is 3.26. The molecule has 3 aromatic carbocycles. The highest BCUT2D eigenvalue weighted by molar-refractivity contribution is 7.89. The summed E-state index contributed by atoms with van der Waals surface area (Å²) in [6.45, 7) is 6.03. The molecule has 0 spiro atoms. The average molecular weight is 638 g/mol. The zero-order chi connectivity index (χ0) is 32.2. The molecule has 3 aromatic rings. The SMILES string of the molecule is CC(C)OCCCNC(=O)[C@H](Cc1ccccc1)N(Cc1ccc(F)cc1)C(=O)CCc1ccc(S(=O)(=O)N2CCCC2)cc1.